The van der Waals surface area contributed by atoms with Gasteiger partial charge in [0.15, 0.2) is 0 Å². The van der Waals surface area contributed by atoms with Crippen LogP contribution in [0.25, 0.3) is 0 Å². The normalized spacial score (nSPS) is 16.6. The quantitative estimate of drug-likeness (QED) is 0.832. The topological polar surface area (TPSA) is 29.5 Å². The third-order valence-corrected chi connectivity index (χ3v) is 2.95. The molecule has 1 aliphatic rings. The third-order valence-electron chi connectivity index (χ3n) is 2.46. The minimum absolute atomic E-state index is 0.0893. The van der Waals surface area contributed by atoms with Crippen LogP contribution in [0.1, 0.15) is 5.56 Å². The van der Waals surface area contributed by atoms with E-state index in [4.69, 9.17) is 4.74 Å². The van der Waals surface area contributed by atoms with Crippen LogP contribution in [-0.4, -0.2) is 30.6 Å². The average molecular weight is 288 g/mol. The molecule has 1 heterocycles. The fraction of sp³-hybridized carbons (Fsp3) is 0.364. The molecule has 86 valence electrons. The van der Waals surface area contributed by atoms with E-state index in [1.807, 2.05) is 0 Å². The van der Waals surface area contributed by atoms with Gasteiger partial charge in [0, 0.05) is 23.1 Å². The summed E-state index contributed by atoms with van der Waals surface area (Å²) in [5.74, 6) is -0.387. The highest BCUT2D eigenvalue weighted by Crippen LogP contribution is 2.17. The molecule has 0 aliphatic carbocycles. The van der Waals surface area contributed by atoms with Crippen LogP contribution < -0.4 is 0 Å². The van der Waals surface area contributed by atoms with Gasteiger partial charge in [-0.1, -0.05) is 22.0 Å². The molecule has 0 radical (unpaired) electrons. The average Bonchev–Trinajstić information content (AvgIpc) is 2.25. The molecule has 0 aromatic heterocycles. The van der Waals surface area contributed by atoms with E-state index in [1.165, 1.54) is 6.07 Å². The molecule has 0 spiro atoms. The largest absolute Gasteiger partial charge is 0.370 e. The molecule has 5 heteroatoms. The van der Waals surface area contributed by atoms with Gasteiger partial charge >= 0.3 is 0 Å². The molecule has 0 atom stereocenters. The van der Waals surface area contributed by atoms with E-state index < -0.39 is 0 Å². The van der Waals surface area contributed by atoms with Gasteiger partial charge in [-0.25, -0.2) is 4.39 Å². The van der Waals surface area contributed by atoms with Gasteiger partial charge in [0.1, 0.15) is 12.4 Å². The van der Waals surface area contributed by atoms with Crippen molar-refractivity contribution < 1.29 is 13.9 Å². The Morgan fingerprint density at radius 3 is 3.00 bits per heavy atom. The molecular formula is C11H11BrFNO2. The van der Waals surface area contributed by atoms with Crippen LogP contribution in [0, 0.1) is 5.82 Å². The maximum absolute atomic E-state index is 13.5. The third kappa shape index (κ3) is 2.59. The molecule has 1 fully saturated rings. The van der Waals surface area contributed by atoms with Gasteiger partial charge in [-0.05, 0) is 12.1 Å². The second-order valence-electron chi connectivity index (χ2n) is 3.60. The Balaban J connectivity index is 2.10. The molecule has 3 nitrogen and oxygen atoms in total. The first kappa shape index (κ1) is 11.5. The van der Waals surface area contributed by atoms with Crippen molar-refractivity contribution in [2.45, 2.75) is 6.54 Å². The highest BCUT2D eigenvalue weighted by atomic mass is 79.9. The number of carbonyl (C=O) groups excluding carboxylic acids is 1. The van der Waals surface area contributed by atoms with Crippen molar-refractivity contribution in [3.8, 4) is 0 Å². The fourth-order valence-electron chi connectivity index (χ4n) is 1.57. The zero-order valence-corrected chi connectivity index (χ0v) is 10.2. The van der Waals surface area contributed by atoms with Gasteiger partial charge in [-0.2, -0.15) is 0 Å². The van der Waals surface area contributed by atoms with Gasteiger partial charge in [0.25, 0.3) is 0 Å². The number of nitrogens with zero attached hydrogens (tertiary/aromatic N) is 1. The van der Waals surface area contributed by atoms with Crippen LogP contribution in [-0.2, 0) is 16.1 Å². The van der Waals surface area contributed by atoms with Crippen LogP contribution in [0.5, 0.6) is 0 Å². The molecule has 0 saturated carbocycles. The fourth-order valence-corrected chi connectivity index (χ4v) is 1.91. The molecule has 16 heavy (non-hydrogen) atoms. The Hall–Kier alpha value is -0.940. The summed E-state index contributed by atoms with van der Waals surface area (Å²) < 4.78 is 19.2. The van der Waals surface area contributed by atoms with Crippen molar-refractivity contribution in [3.63, 3.8) is 0 Å². The number of amides is 1. The maximum Gasteiger partial charge on any atom is 0.248 e. The Morgan fingerprint density at radius 1 is 1.50 bits per heavy atom. The number of hydrogen-bond donors (Lipinski definition) is 0. The summed E-state index contributed by atoms with van der Waals surface area (Å²) in [6.07, 6.45) is 0. The van der Waals surface area contributed by atoms with Gasteiger partial charge in [-0.3, -0.25) is 4.79 Å². The number of benzene rings is 1. The van der Waals surface area contributed by atoms with E-state index in [1.54, 1.807) is 17.0 Å². The van der Waals surface area contributed by atoms with Crippen molar-refractivity contribution in [1.29, 1.82) is 0 Å². The van der Waals surface area contributed by atoms with Crippen molar-refractivity contribution in [1.82, 2.24) is 4.90 Å². The molecule has 2 rings (SSSR count). The molecule has 1 aliphatic heterocycles. The lowest BCUT2D eigenvalue weighted by Gasteiger charge is -2.26. The minimum Gasteiger partial charge on any atom is -0.370 e. The number of halogens is 2. The first-order valence-electron chi connectivity index (χ1n) is 4.96. The zero-order chi connectivity index (χ0) is 11.5. The van der Waals surface area contributed by atoms with E-state index >= 15 is 0 Å². The Bertz CT molecular complexity index is 411. The Morgan fingerprint density at radius 2 is 2.31 bits per heavy atom. The predicted octanol–water partition coefficient (Wildman–Crippen LogP) is 1.95. The second-order valence-corrected chi connectivity index (χ2v) is 4.52. The highest BCUT2D eigenvalue weighted by Gasteiger charge is 2.19. The summed E-state index contributed by atoms with van der Waals surface area (Å²) in [6.45, 7) is 1.44. The van der Waals surface area contributed by atoms with Gasteiger partial charge < -0.3 is 9.64 Å². The van der Waals surface area contributed by atoms with E-state index in [-0.39, 0.29) is 18.3 Å². The van der Waals surface area contributed by atoms with Crippen LogP contribution >= 0.6 is 15.9 Å². The SMILES string of the molecule is O=C1COCCN1Cc1ccc(Br)cc1F. The monoisotopic (exact) mass is 287 g/mol. The van der Waals surface area contributed by atoms with Crippen LogP contribution in [0.3, 0.4) is 0 Å². The maximum atomic E-state index is 13.5. The van der Waals surface area contributed by atoms with E-state index in [9.17, 15) is 9.18 Å². The number of ether oxygens (including phenoxy) is 1. The van der Waals surface area contributed by atoms with Crippen molar-refractivity contribution >= 4 is 21.8 Å². The highest BCUT2D eigenvalue weighted by molar-refractivity contribution is 9.10. The summed E-state index contributed by atoms with van der Waals surface area (Å²) in [7, 11) is 0. The van der Waals surface area contributed by atoms with E-state index in [0.717, 1.165) is 0 Å². The Labute approximate surface area is 101 Å². The molecular weight excluding hydrogens is 277 g/mol. The van der Waals surface area contributed by atoms with Crippen molar-refractivity contribution in [3.05, 3.63) is 34.1 Å². The number of hydrogen-bond acceptors (Lipinski definition) is 2. The smallest absolute Gasteiger partial charge is 0.248 e. The summed E-state index contributed by atoms with van der Waals surface area (Å²) in [6, 6.07) is 4.85. The lowest BCUT2D eigenvalue weighted by atomic mass is 10.2. The molecule has 1 aromatic carbocycles. The van der Waals surface area contributed by atoms with Gasteiger partial charge in [-0.15, -0.1) is 0 Å². The lowest BCUT2D eigenvalue weighted by molar-refractivity contribution is -0.143. The molecule has 1 aromatic rings. The van der Waals surface area contributed by atoms with Crippen molar-refractivity contribution in [2.75, 3.05) is 19.8 Å². The van der Waals surface area contributed by atoms with Crippen LogP contribution in [0.4, 0.5) is 4.39 Å². The number of rotatable bonds is 2. The lowest BCUT2D eigenvalue weighted by Crippen LogP contribution is -2.41. The van der Waals surface area contributed by atoms with Crippen LogP contribution in [0.2, 0.25) is 0 Å². The molecule has 1 amide bonds. The molecule has 0 unspecified atom stereocenters. The van der Waals surface area contributed by atoms with Crippen LogP contribution in [0.15, 0.2) is 22.7 Å². The number of carbonyl (C=O) groups is 1. The zero-order valence-electron chi connectivity index (χ0n) is 8.58. The second kappa shape index (κ2) is 4.93. The standard InChI is InChI=1S/C11H11BrFNO2/c12-9-2-1-8(10(13)5-9)6-14-3-4-16-7-11(14)15/h1-2,5H,3-4,6-7H2. The summed E-state index contributed by atoms with van der Waals surface area (Å²) in [5, 5.41) is 0. The minimum atomic E-state index is -0.298. The van der Waals surface area contributed by atoms with E-state index in [0.29, 0.717) is 29.7 Å². The van der Waals surface area contributed by atoms with E-state index in [2.05, 4.69) is 15.9 Å². The van der Waals surface area contributed by atoms with Gasteiger partial charge in [0.05, 0.1) is 6.61 Å². The Kier molecular flexibility index (Phi) is 3.56. The number of morpholine rings is 1. The molecule has 0 bridgehead atoms. The van der Waals surface area contributed by atoms with Gasteiger partial charge in [0.2, 0.25) is 5.91 Å². The summed E-state index contributed by atoms with van der Waals surface area (Å²) in [5.41, 5.74) is 0.526. The van der Waals surface area contributed by atoms with Crippen molar-refractivity contribution in [2.24, 2.45) is 0 Å². The molecule has 0 N–H and O–H groups in total. The summed E-state index contributed by atoms with van der Waals surface area (Å²) >= 11 is 3.19. The molecule has 1 saturated heterocycles. The first-order chi connectivity index (χ1) is 7.66. The predicted molar refractivity (Wildman–Crippen MR) is 60.3 cm³/mol. The summed E-state index contributed by atoms with van der Waals surface area (Å²) in [4.78, 5) is 13.1. The first-order valence-corrected chi connectivity index (χ1v) is 5.75.